The van der Waals surface area contributed by atoms with Crippen LogP contribution in [-0.4, -0.2) is 238 Å². The molecular formula is C72H108ClF3N12O12. The molecule has 8 rings (SSSR count). The second-order valence-corrected chi connectivity index (χ2v) is 30.4. The molecule has 3 aliphatic carbocycles. The fraction of sp³-hybridized carbons (Fsp3) is 0.750. The number of halogens is 4. The Balaban J connectivity index is 1.16. The summed E-state index contributed by atoms with van der Waals surface area (Å²) in [5.74, 6) is -8.35. The van der Waals surface area contributed by atoms with E-state index in [2.05, 4.69) is 21.3 Å². The second-order valence-electron chi connectivity index (χ2n) is 30.0. The molecule has 4 aliphatic heterocycles. The summed E-state index contributed by atoms with van der Waals surface area (Å²) in [5.41, 5.74) is -2.32. The highest BCUT2D eigenvalue weighted by Gasteiger charge is 2.52. The van der Waals surface area contributed by atoms with Crippen molar-refractivity contribution in [2.24, 2.45) is 23.7 Å². The maximum atomic E-state index is 15.6. The van der Waals surface area contributed by atoms with Crippen LogP contribution in [0.4, 0.5) is 13.2 Å². The van der Waals surface area contributed by atoms with E-state index in [1.54, 1.807) is 11.8 Å². The van der Waals surface area contributed by atoms with Crippen LogP contribution >= 0.6 is 11.6 Å². The first-order valence-electron chi connectivity index (χ1n) is 36.6. The third-order valence-corrected chi connectivity index (χ3v) is 23.0. The number of carbonyl (C=O) groups is 12. The Kier molecular flexibility index (Phi) is 27.0. The predicted octanol–water partition coefficient (Wildman–Crippen LogP) is 5.83. The van der Waals surface area contributed by atoms with Crippen LogP contribution in [0, 0.1) is 23.7 Å². The van der Waals surface area contributed by atoms with Gasteiger partial charge in [-0.25, -0.2) is 0 Å². The Hall–Kier alpha value is -7.06. The molecule has 0 radical (unpaired) electrons. The van der Waals surface area contributed by atoms with Gasteiger partial charge in [0.2, 0.25) is 70.9 Å². The van der Waals surface area contributed by atoms with Gasteiger partial charge in [-0.1, -0.05) is 110 Å². The monoisotopic (exact) mass is 1420 g/mol. The molecule has 4 heterocycles. The van der Waals surface area contributed by atoms with Crippen LogP contribution in [0.5, 0.6) is 0 Å². The number of hydrogen-bond acceptors (Lipinski definition) is 12. The van der Waals surface area contributed by atoms with E-state index in [-0.39, 0.29) is 82.2 Å². The van der Waals surface area contributed by atoms with E-state index in [0.29, 0.717) is 70.0 Å². The zero-order valence-electron chi connectivity index (χ0n) is 60.2. The Labute approximate surface area is 591 Å². The van der Waals surface area contributed by atoms with Gasteiger partial charge in [0.05, 0.1) is 23.6 Å². The molecule has 7 fully saturated rings. The fourth-order valence-corrected chi connectivity index (χ4v) is 16.2. The molecule has 556 valence electrons. The summed E-state index contributed by atoms with van der Waals surface area (Å²) < 4.78 is 41.6. The largest absolute Gasteiger partial charge is 0.417 e. The maximum Gasteiger partial charge on any atom is 0.417 e. The Bertz CT molecular complexity index is 3170. The van der Waals surface area contributed by atoms with Gasteiger partial charge < -0.3 is 60.5 Å². The molecule has 1 spiro atoms. The number of carbonyl (C=O) groups excluding carboxylic acids is 12. The molecule has 28 heteroatoms. The van der Waals surface area contributed by atoms with Gasteiger partial charge in [-0.05, 0) is 132 Å². The van der Waals surface area contributed by atoms with E-state index < -0.39 is 166 Å². The van der Waals surface area contributed by atoms with E-state index in [4.69, 9.17) is 11.6 Å². The van der Waals surface area contributed by atoms with Crippen LogP contribution in [0.1, 0.15) is 193 Å². The molecule has 0 unspecified atom stereocenters. The number of alkyl halides is 3. The molecule has 4 saturated heterocycles. The first-order valence-corrected chi connectivity index (χ1v) is 36.9. The van der Waals surface area contributed by atoms with Gasteiger partial charge >= 0.3 is 6.18 Å². The van der Waals surface area contributed by atoms with Crippen LogP contribution in [-0.2, 0) is 70.1 Å². The zero-order chi connectivity index (χ0) is 73.2. The molecule has 10 atom stereocenters. The van der Waals surface area contributed by atoms with Gasteiger partial charge in [0.15, 0.2) is 0 Å². The Morgan fingerprint density at radius 3 is 1.88 bits per heavy atom. The lowest BCUT2D eigenvalue weighted by molar-refractivity contribution is -0.158. The molecule has 100 heavy (non-hydrogen) atoms. The quantitative estimate of drug-likeness (QED) is 0.192. The molecule has 0 aromatic heterocycles. The van der Waals surface area contributed by atoms with Gasteiger partial charge in [0.25, 0.3) is 0 Å². The molecule has 7 aliphatic rings. The van der Waals surface area contributed by atoms with Crippen molar-refractivity contribution in [1.82, 2.24) is 60.5 Å². The van der Waals surface area contributed by atoms with Crippen molar-refractivity contribution in [1.29, 1.82) is 0 Å². The summed E-state index contributed by atoms with van der Waals surface area (Å²) >= 11 is 6.16. The van der Waals surface area contributed by atoms with E-state index in [1.807, 2.05) is 20.8 Å². The lowest BCUT2D eigenvalue weighted by atomic mass is 9.84. The molecule has 24 nitrogen and oxygen atoms in total. The van der Waals surface area contributed by atoms with Crippen molar-refractivity contribution in [2.75, 3.05) is 68.0 Å². The number of hydrogen-bond donors (Lipinski definition) is 4. The van der Waals surface area contributed by atoms with Crippen LogP contribution < -0.4 is 21.3 Å². The first kappa shape index (κ1) is 78.7. The topological polar surface area (TPSA) is 279 Å². The second kappa shape index (κ2) is 34.3. The van der Waals surface area contributed by atoms with Crippen molar-refractivity contribution < 1.29 is 70.7 Å². The van der Waals surface area contributed by atoms with Crippen LogP contribution in [0.15, 0.2) is 18.2 Å². The van der Waals surface area contributed by atoms with Gasteiger partial charge in [0, 0.05) is 61.4 Å². The van der Waals surface area contributed by atoms with Crippen molar-refractivity contribution >= 4 is 82.5 Å². The van der Waals surface area contributed by atoms with Gasteiger partial charge in [0.1, 0.15) is 59.9 Å². The number of nitrogens with zero attached hydrogens (tertiary/aromatic N) is 8. The minimum absolute atomic E-state index is 0.0256. The summed E-state index contributed by atoms with van der Waals surface area (Å²) in [7, 11) is 7.27. The third-order valence-electron chi connectivity index (χ3n) is 22.7. The number of aryl methyl sites for hydroxylation is 1. The number of fused-ring (bicyclic) bond motifs is 2. The molecule has 0 bridgehead atoms. The molecular weight excluding hydrogens is 1320 g/mol. The van der Waals surface area contributed by atoms with E-state index >= 15 is 19.2 Å². The summed E-state index contributed by atoms with van der Waals surface area (Å²) in [5, 5.41) is 11.0. The highest BCUT2D eigenvalue weighted by Crippen LogP contribution is 2.39. The minimum atomic E-state index is -4.76. The van der Waals surface area contributed by atoms with E-state index in [1.165, 1.54) is 77.6 Å². The molecule has 3 saturated carbocycles. The molecule has 1 aromatic rings. The number of likely N-dealkylation sites (tertiary alicyclic amines) is 1. The van der Waals surface area contributed by atoms with Crippen molar-refractivity contribution in [3.8, 4) is 0 Å². The average Bonchev–Trinajstić information content (AvgIpc) is 1.47. The summed E-state index contributed by atoms with van der Waals surface area (Å²) in [6.45, 7) is 9.32. The smallest absolute Gasteiger partial charge is 0.343 e. The lowest BCUT2D eigenvalue weighted by Gasteiger charge is -2.44. The lowest BCUT2D eigenvalue weighted by Crippen LogP contribution is -2.65. The van der Waals surface area contributed by atoms with Crippen molar-refractivity contribution in [2.45, 2.75) is 255 Å². The highest BCUT2D eigenvalue weighted by atomic mass is 35.5. The fourth-order valence-electron chi connectivity index (χ4n) is 15.9. The van der Waals surface area contributed by atoms with Gasteiger partial charge in [-0.15, -0.1) is 0 Å². The normalized spacial score (nSPS) is 28.4. The zero-order valence-corrected chi connectivity index (χ0v) is 61.0. The predicted molar refractivity (Wildman–Crippen MR) is 367 cm³/mol. The number of nitrogens with one attached hydrogen (secondary N) is 4. The number of rotatable bonds is 12. The Morgan fingerprint density at radius 2 is 1.29 bits per heavy atom. The average molecular weight is 1430 g/mol. The number of likely N-dealkylation sites (N-methyl/N-ethyl adjacent to an activating group) is 5. The highest BCUT2D eigenvalue weighted by molar-refractivity contribution is 6.31. The number of benzene rings is 1. The van der Waals surface area contributed by atoms with E-state index in [0.717, 1.165) is 62.0 Å². The summed E-state index contributed by atoms with van der Waals surface area (Å²) in [6.07, 6.45) is 5.48. The van der Waals surface area contributed by atoms with Gasteiger partial charge in [-0.3, -0.25) is 57.5 Å². The third kappa shape index (κ3) is 18.4. The Morgan fingerprint density at radius 1 is 0.640 bits per heavy atom. The van der Waals surface area contributed by atoms with Gasteiger partial charge in [-0.2, -0.15) is 13.2 Å². The summed E-state index contributed by atoms with van der Waals surface area (Å²) in [4.78, 5) is 190. The summed E-state index contributed by atoms with van der Waals surface area (Å²) in [6, 6.07) is -7.71. The maximum absolute atomic E-state index is 15.6. The van der Waals surface area contributed by atoms with Crippen LogP contribution in [0.2, 0.25) is 5.02 Å². The molecule has 1 aromatic carbocycles. The standard InChI is InChI=1S/C72H108ClF3N12O12/c1-11-44(4)59-63(93)77-45(5)64(94)88-38-32-54(88)67(97)83(8)55(40-46-21-13-12-14-22-46)66(96)81(6)42-57(89)78-51(30-28-47-27-29-49(50(73)39-47)72(74,75)76)65(95)87-37-19-25-53(87)62(92)80-71(33-17-18-34-71)70(100)85(10)60(48-23-15-16-24-48)69(99)84(9)56(68(98)86-35-20-36-86)41-58(90)82(7)52(61(91)79-59)31-26-43(2)3/h27,29,39,43-46,48,51-56,59-60H,11-26,28,30-38,40-42H2,1-10H3,(H,77,93)(H,78,89)(H,79,91)(H,80,92)/t44-,45-,51-,52-,53-,54-,55-,56-,59-,60-/m0/s1. The van der Waals surface area contributed by atoms with Crippen molar-refractivity contribution in [3.05, 3.63) is 34.3 Å². The first-order chi connectivity index (χ1) is 47.3. The SMILES string of the molecule is CC[C@H](C)[C@@H]1NC(=O)[C@H](CCC(C)C)N(C)C(=O)C[C@@H](C(=O)N2CCC2)N(C)C(=O)[C@H](C2CCCC2)N(C)C(=O)C2(CCCC2)NC(=O)[C@@H]2CCCN2C(=O)[C@H](CCc2ccc(C(F)(F)F)c(Cl)c2)NC(=O)CN(C)C(=O)[C@H](CC2CCCCC2)N(C)C(=O)[C@@H]2CCN2C(=O)[C@H](C)NC1=O. The minimum Gasteiger partial charge on any atom is -0.343 e. The number of amides is 12. The van der Waals surface area contributed by atoms with Crippen molar-refractivity contribution in [3.63, 3.8) is 0 Å². The van der Waals surface area contributed by atoms with Crippen LogP contribution in [0.25, 0.3) is 0 Å². The molecule has 12 amide bonds. The molecule has 4 N–H and O–H groups in total. The van der Waals surface area contributed by atoms with E-state index in [9.17, 15) is 51.5 Å². The van der Waals surface area contributed by atoms with Crippen LogP contribution in [0.3, 0.4) is 0 Å².